The van der Waals surface area contributed by atoms with E-state index in [9.17, 15) is 9.59 Å². The van der Waals surface area contributed by atoms with Crippen molar-refractivity contribution in [3.63, 3.8) is 0 Å². The van der Waals surface area contributed by atoms with E-state index in [1.54, 1.807) is 22.9 Å². The SMILES string of the molecule is CCn1[nH]c(=O)c2cc(CC(=O)O)ccc21. The number of nitrogens with one attached hydrogen (secondary N) is 1. The highest BCUT2D eigenvalue weighted by molar-refractivity contribution is 5.81. The maximum atomic E-state index is 11.6. The van der Waals surface area contributed by atoms with Crippen LogP contribution in [-0.2, 0) is 17.8 Å². The van der Waals surface area contributed by atoms with E-state index in [0.717, 1.165) is 5.52 Å². The van der Waals surface area contributed by atoms with E-state index < -0.39 is 5.97 Å². The Kier molecular flexibility index (Phi) is 2.52. The summed E-state index contributed by atoms with van der Waals surface area (Å²) in [7, 11) is 0. The molecule has 0 aliphatic carbocycles. The van der Waals surface area contributed by atoms with Gasteiger partial charge in [0.1, 0.15) is 0 Å². The van der Waals surface area contributed by atoms with Gasteiger partial charge in [-0.05, 0) is 24.6 Å². The number of rotatable bonds is 3. The number of aryl methyl sites for hydroxylation is 1. The van der Waals surface area contributed by atoms with Gasteiger partial charge in [-0.2, -0.15) is 0 Å². The van der Waals surface area contributed by atoms with Crippen LogP contribution >= 0.6 is 0 Å². The molecule has 0 atom stereocenters. The third-order valence-corrected chi connectivity index (χ3v) is 2.50. The average Bonchev–Trinajstić information content (AvgIpc) is 2.55. The lowest BCUT2D eigenvalue weighted by Gasteiger charge is -2.00. The summed E-state index contributed by atoms with van der Waals surface area (Å²) in [5.74, 6) is -0.897. The summed E-state index contributed by atoms with van der Waals surface area (Å²) >= 11 is 0. The van der Waals surface area contributed by atoms with E-state index in [1.807, 2.05) is 6.92 Å². The molecule has 0 saturated heterocycles. The third kappa shape index (κ3) is 1.71. The van der Waals surface area contributed by atoms with Crippen LogP contribution in [0, 0.1) is 0 Å². The Morgan fingerprint density at radius 3 is 2.88 bits per heavy atom. The van der Waals surface area contributed by atoms with Crippen LogP contribution in [0.15, 0.2) is 23.0 Å². The molecular formula is C11H12N2O3. The van der Waals surface area contributed by atoms with E-state index in [2.05, 4.69) is 5.10 Å². The number of hydrogen-bond acceptors (Lipinski definition) is 2. The molecule has 1 aromatic heterocycles. The summed E-state index contributed by atoms with van der Waals surface area (Å²) in [5.41, 5.74) is 1.27. The number of nitrogens with zero attached hydrogens (tertiary/aromatic N) is 1. The largest absolute Gasteiger partial charge is 0.481 e. The van der Waals surface area contributed by atoms with Crippen molar-refractivity contribution in [1.82, 2.24) is 9.78 Å². The summed E-state index contributed by atoms with van der Waals surface area (Å²) < 4.78 is 1.74. The highest BCUT2D eigenvalue weighted by Gasteiger charge is 2.07. The molecule has 0 unspecified atom stereocenters. The third-order valence-electron chi connectivity index (χ3n) is 2.50. The van der Waals surface area contributed by atoms with Gasteiger partial charge in [0.15, 0.2) is 0 Å². The van der Waals surface area contributed by atoms with Crippen molar-refractivity contribution in [2.75, 3.05) is 0 Å². The van der Waals surface area contributed by atoms with Crippen molar-refractivity contribution in [2.45, 2.75) is 19.9 Å². The standard InChI is InChI=1S/C11H12N2O3/c1-2-13-9-4-3-7(6-10(14)15)5-8(9)11(16)12-13/h3-5H,2,6H2,1H3,(H,12,16)(H,14,15). The van der Waals surface area contributed by atoms with Gasteiger partial charge in [0, 0.05) is 6.54 Å². The van der Waals surface area contributed by atoms with Gasteiger partial charge in [0.05, 0.1) is 17.3 Å². The number of hydrogen-bond donors (Lipinski definition) is 2. The van der Waals surface area contributed by atoms with Crippen LogP contribution in [-0.4, -0.2) is 20.9 Å². The van der Waals surface area contributed by atoms with Crippen molar-refractivity contribution in [2.24, 2.45) is 0 Å². The molecular weight excluding hydrogens is 208 g/mol. The minimum atomic E-state index is -0.897. The lowest BCUT2D eigenvalue weighted by molar-refractivity contribution is -0.136. The minimum Gasteiger partial charge on any atom is -0.481 e. The molecule has 0 spiro atoms. The first kappa shape index (κ1) is 10.5. The van der Waals surface area contributed by atoms with Crippen LogP contribution in [0.2, 0.25) is 0 Å². The fourth-order valence-corrected chi connectivity index (χ4v) is 1.78. The molecule has 84 valence electrons. The zero-order valence-electron chi connectivity index (χ0n) is 8.86. The van der Waals surface area contributed by atoms with E-state index in [1.165, 1.54) is 0 Å². The van der Waals surface area contributed by atoms with Gasteiger partial charge in [-0.15, -0.1) is 0 Å². The monoisotopic (exact) mass is 220 g/mol. The molecule has 0 amide bonds. The number of carboxylic acid groups (broad SMARTS) is 1. The summed E-state index contributed by atoms with van der Waals surface area (Å²) in [4.78, 5) is 22.1. The first-order valence-corrected chi connectivity index (χ1v) is 5.05. The minimum absolute atomic E-state index is 0.0628. The number of fused-ring (bicyclic) bond motifs is 1. The Bertz CT molecular complexity index is 595. The highest BCUT2D eigenvalue weighted by atomic mass is 16.4. The summed E-state index contributed by atoms with van der Waals surface area (Å²) in [5, 5.41) is 11.9. The molecule has 16 heavy (non-hydrogen) atoms. The lowest BCUT2D eigenvalue weighted by atomic mass is 10.1. The summed E-state index contributed by atoms with van der Waals surface area (Å²) in [6.45, 7) is 2.61. The molecule has 5 heteroatoms. The van der Waals surface area contributed by atoms with E-state index in [-0.39, 0.29) is 12.0 Å². The second-order valence-electron chi connectivity index (χ2n) is 3.61. The molecule has 0 fully saturated rings. The smallest absolute Gasteiger partial charge is 0.307 e. The normalized spacial score (nSPS) is 10.8. The molecule has 0 bridgehead atoms. The van der Waals surface area contributed by atoms with Gasteiger partial charge in [-0.1, -0.05) is 6.07 Å². The highest BCUT2D eigenvalue weighted by Crippen LogP contribution is 2.12. The van der Waals surface area contributed by atoms with Crippen molar-refractivity contribution in [3.8, 4) is 0 Å². The van der Waals surface area contributed by atoms with Gasteiger partial charge in [-0.3, -0.25) is 19.4 Å². The number of carbonyl (C=O) groups is 1. The van der Waals surface area contributed by atoms with Gasteiger partial charge in [0.25, 0.3) is 5.56 Å². The Labute approximate surface area is 91.3 Å². The molecule has 2 rings (SSSR count). The molecule has 0 saturated carbocycles. The van der Waals surface area contributed by atoms with Gasteiger partial charge < -0.3 is 5.11 Å². The lowest BCUT2D eigenvalue weighted by Crippen LogP contribution is -2.04. The molecule has 0 aliphatic rings. The molecule has 0 radical (unpaired) electrons. The van der Waals surface area contributed by atoms with E-state index in [0.29, 0.717) is 17.5 Å². The van der Waals surface area contributed by atoms with Crippen LogP contribution in [0.1, 0.15) is 12.5 Å². The fraction of sp³-hybridized carbons (Fsp3) is 0.273. The number of benzene rings is 1. The van der Waals surface area contributed by atoms with Crippen molar-refractivity contribution < 1.29 is 9.90 Å². The Morgan fingerprint density at radius 2 is 2.25 bits per heavy atom. The zero-order chi connectivity index (χ0) is 11.7. The predicted octanol–water partition coefficient (Wildman–Crippen LogP) is 0.977. The fourth-order valence-electron chi connectivity index (χ4n) is 1.78. The Balaban J connectivity index is 2.58. The summed E-state index contributed by atoms with van der Waals surface area (Å²) in [6.07, 6.45) is -0.0628. The predicted molar refractivity (Wildman–Crippen MR) is 59.6 cm³/mol. The van der Waals surface area contributed by atoms with E-state index in [4.69, 9.17) is 5.11 Å². The van der Waals surface area contributed by atoms with Crippen molar-refractivity contribution in [3.05, 3.63) is 34.1 Å². The van der Waals surface area contributed by atoms with Crippen LogP contribution < -0.4 is 5.56 Å². The van der Waals surface area contributed by atoms with Gasteiger partial charge >= 0.3 is 5.97 Å². The number of aromatic nitrogens is 2. The quantitative estimate of drug-likeness (QED) is 0.809. The van der Waals surface area contributed by atoms with Gasteiger partial charge in [0.2, 0.25) is 0 Å². The van der Waals surface area contributed by atoms with E-state index >= 15 is 0 Å². The molecule has 5 nitrogen and oxygen atoms in total. The molecule has 1 aromatic carbocycles. The van der Waals surface area contributed by atoms with Crippen molar-refractivity contribution >= 4 is 16.9 Å². The zero-order valence-corrected chi connectivity index (χ0v) is 8.86. The Morgan fingerprint density at radius 1 is 1.50 bits per heavy atom. The maximum absolute atomic E-state index is 11.6. The number of carboxylic acids is 1. The molecule has 2 N–H and O–H groups in total. The second-order valence-corrected chi connectivity index (χ2v) is 3.61. The Hall–Kier alpha value is -2.04. The molecule has 2 aromatic rings. The molecule has 1 heterocycles. The first-order valence-electron chi connectivity index (χ1n) is 5.05. The van der Waals surface area contributed by atoms with Crippen molar-refractivity contribution in [1.29, 1.82) is 0 Å². The summed E-state index contributed by atoms with van der Waals surface area (Å²) in [6, 6.07) is 5.14. The van der Waals surface area contributed by atoms with Gasteiger partial charge in [-0.25, -0.2) is 0 Å². The topological polar surface area (TPSA) is 75.1 Å². The second kappa shape index (κ2) is 3.84. The van der Waals surface area contributed by atoms with Crippen LogP contribution in [0.4, 0.5) is 0 Å². The average molecular weight is 220 g/mol. The van der Waals surface area contributed by atoms with Crippen LogP contribution in [0.3, 0.4) is 0 Å². The number of H-pyrrole nitrogens is 1. The number of aromatic amines is 1. The van der Waals surface area contributed by atoms with Crippen LogP contribution in [0.25, 0.3) is 10.9 Å². The first-order chi connectivity index (χ1) is 7.61. The maximum Gasteiger partial charge on any atom is 0.307 e. The number of aliphatic carboxylic acids is 1. The van der Waals surface area contributed by atoms with Crippen LogP contribution in [0.5, 0.6) is 0 Å². The molecule has 0 aliphatic heterocycles.